The molecule has 0 saturated heterocycles. The van der Waals surface area contributed by atoms with Gasteiger partial charge in [0.25, 0.3) is 0 Å². The molecule has 2 rings (SSSR count). The zero-order valence-corrected chi connectivity index (χ0v) is 15.2. The Morgan fingerprint density at radius 3 is 2.67 bits per heavy atom. The number of halogens is 2. The molecule has 0 fully saturated rings. The molecule has 1 aromatic heterocycles. The number of aryl methyl sites for hydroxylation is 3. The number of benzene rings is 1. The predicted octanol–water partition coefficient (Wildman–Crippen LogP) is 4.35. The molecule has 5 heteroatoms. The van der Waals surface area contributed by atoms with Crippen LogP contribution in [-0.2, 0) is 13.5 Å². The second-order valence-electron chi connectivity index (χ2n) is 5.28. The summed E-state index contributed by atoms with van der Waals surface area (Å²) in [6.07, 6.45) is 0.821. The van der Waals surface area contributed by atoms with Crippen molar-refractivity contribution in [1.29, 1.82) is 0 Å². The van der Waals surface area contributed by atoms with Crippen LogP contribution in [-0.4, -0.2) is 16.3 Å². The van der Waals surface area contributed by atoms with Gasteiger partial charge in [-0.25, -0.2) is 0 Å². The lowest BCUT2D eigenvalue weighted by Crippen LogP contribution is -2.24. The van der Waals surface area contributed by atoms with Crippen LogP contribution < -0.4 is 5.32 Å². The van der Waals surface area contributed by atoms with Gasteiger partial charge in [-0.1, -0.05) is 40.5 Å². The van der Waals surface area contributed by atoms with Crippen LogP contribution in [0.4, 0.5) is 0 Å². The number of nitrogens with zero attached hydrogens (tertiary/aromatic N) is 2. The molecule has 0 spiro atoms. The van der Waals surface area contributed by atoms with Gasteiger partial charge in [-0.2, -0.15) is 5.10 Å². The molecule has 2 aromatic rings. The predicted molar refractivity (Wildman–Crippen MR) is 92.0 cm³/mol. The lowest BCUT2D eigenvalue weighted by molar-refractivity contribution is 0.526. The fraction of sp³-hybridized carbons (Fsp3) is 0.438. The van der Waals surface area contributed by atoms with Crippen molar-refractivity contribution in [3.8, 4) is 0 Å². The first kappa shape index (κ1) is 16.5. The summed E-state index contributed by atoms with van der Waals surface area (Å²) in [6, 6.07) is 6.61. The molecule has 114 valence electrons. The van der Waals surface area contributed by atoms with Crippen LogP contribution in [0.3, 0.4) is 0 Å². The maximum absolute atomic E-state index is 6.40. The van der Waals surface area contributed by atoms with Gasteiger partial charge in [0, 0.05) is 24.0 Å². The van der Waals surface area contributed by atoms with Crippen LogP contribution in [0, 0.1) is 13.8 Å². The minimum absolute atomic E-state index is 0.222. The second-order valence-corrected chi connectivity index (χ2v) is 6.58. The van der Waals surface area contributed by atoms with Gasteiger partial charge in [0.15, 0.2) is 0 Å². The van der Waals surface area contributed by atoms with Crippen molar-refractivity contribution in [3.63, 3.8) is 0 Å². The maximum Gasteiger partial charge on any atom is 0.0847 e. The Hall–Kier alpha value is -0.840. The molecule has 3 nitrogen and oxygen atoms in total. The molecule has 0 amide bonds. The van der Waals surface area contributed by atoms with Gasteiger partial charge in [-0.05, 0) is 43.7 Å². The Bertz CT molecular complexity index is 637. The van der Waals surface area contributed by atoms with Crippen molar-refractivity contribution in [2.45, 2.75) is 33.2 Å². The Kier molecular flexibility index (Phi) is 5.47. The van der Waals surface area contributed by atoms with Crippen molar-refractivity contribution in [2.75, 3.05) is 6.54 Å². The smallest absolute Gasteiger partial charge is 0.0847 e. The van der Waals surface area contributed by atoms with E-state index in [1.807, 2.05) is 18.7 Å². The van der Waals surface area contributed by atoms with Gasteiger partial charge in [0.05, 0.1) is 16.4 Å². The average molecular weight is 371 g/mol. The van der Waals surface area contributed by atoms with E-state index < -0.39 is 0 Å². The fourth-order valence-electron chi connectivity index (χ4n) is 2.62. The van der Waals surface area contributed by atoms with Gasteiger partial charge in [-0.3, -0.25) is 4.68 Å². The molecular weight excluding hydrogens is 350 g/mol. The van der Waals surface area contributed by atoms with Crippen LogP contribution in [0.15, 0.2) is 22.7 Å². The highest BCUT2D eigenvalue weighted by atomic mass is 79.9. The van der Waals surface area contributed by atoms with Gasteiger partial charge < -0.3 is 5.32 Å². The minimum Gasteiger partial charge on any atom is -0.310 e. The second kappa shape index (κ2) is 6.95. The van der Waals surface area contributed by atoms with E-state index in [1.165, 1.54) is 11.1 Å². The van der Waals surface area contributed by atoms with Crippen molar-refractivity contribution in [2.24, 2.45) is 7.05 Å². The number of nitrogens with one attached hydrogen (secondary N) is 1. The fourth-order valence-corrected chi connectivity index (χ4v) is 3.24. The topological polar surface area (TPSA) is 29.9 Å². The van der Waals surface area contributed by atoms with E-state index in [0.717, 1.165) is 33.8 Å². The lowest BCUT2D eigenvalue weighted by atomic mass is 9.97. The number of rotatable bonds is 5. The molecule has 1 atom stereocenters. The Morgan fingerprint density at radius 2 is 2.10 bits per heavy atom. The summed E-state index contributed by atoms with van der Waals surface area (Å²) < 4.78 is 2.98. The summed E-state index contributed by atoms with van der Waals surface area (Å²) in [7, 11) is 1.95. The molecule has 0 radical (unpaired) electrons. The minimum atomic E-state index is 0.222. The summed E-state index contributed by atoms with van der Waals surface area (Å²) >= 11 is 9.96. The first-order valence-corrected chi connectivity index (χ1v) is 8.28. The van der Waals surface area contributed by atoms with Gasteiger partial charge in [0.2, 0.25) is 0 Å². The molecule has 0 saturated carbocycles. The standard InChI is InChI=1S/C16H21BrClN3/c1-5-19-14(13-8-12(17)7-6-10(13)2)9-15-16(18)11(3)20-21(15)4/h6-8,14,19H,5,9H2,1-4H3. The van der Waals surface area contributed by atoms with Gasteiger partial charge in [0.1, 0.15) is 0 Å². The third-order valence-corrected chi connectivity index (χ3v) is 4.71. The van der Waals surface area contributed by atoms with E-state index in [9.17, 15) is 0 Å². The average Bonchev–Trinajstić information content (AvgIpc) is 2.67. The lowest BCUT2D eigenvalue weighted by Gasteiger charge is -2.21. The van der Waals surface area contributed by atoms with Crippen LogP contribution in [0.25, 0.3) is 0 Å². The molecule has 21 heavy (non-hydrogen) atoms. The highest BCUT2D eigenvalue weighted by Gasteiger charge is 2.19. The first-order chi connectivity index (χ1) is 9.93. The van der Waals surface area contributed by atoms with E-state index in [0.29, 0.717) is 0 Å². The largest absolute Gasteiger partial charge is 0.310 e. The molecule has 1 heterocycles. The van der Waals surface area contributed by atoms with E-state index in [2.05, 4.69) is 58.4 Å². The van der Waals surface area contributed by atoms with E-state index in [-0.39, 0.29) is 6.04 Å². The summed E-state index contributed by atoms with van der Waals surface area (Å²) in [5, 5.41) is 8.74. The van der Waals surface area contributed by atoms with Crippen molar-refractivity contribution in [1.82, 2.24) is 15.1 Å². The summed E-state index contributed by atoms with van der Waals surface area (Å²) in [4.78, 5) is 0. The molecule has 1 unspecified atom stereocenters. The Balaban J connectivity index is 2.37. The third-order valence-electron chi connectivity index (χ3n) is 3.73. The zero-order chi connectivity index (χ0) is 15.6. The summed E-state index contributed by atoms with van der Waals surface area (Å²) in [5.41, 5.74) is 4.52. The molecule has 0 aliphatic rings. The maximum atomic E-state index is 6.40. The van der Waals surface area contributed by atoms with Crippen LogP contribution in [0.1, 0.15) is 35.5 Å². The molecule has 0 aliphatic carbocycles. The molecular formula is C16H21BrClN3. The number of likely N-dealkylation sites (N-methyl/N-ethyl adjacent to an activating group) is 1. The zero-order valence-electron chi connectivity index (χ0n) is 12.9. The SMILES string of the molecule is CCNC(Cc1c(Cl)c(C)nn1C)c1cc(Br)ccc1C. The highest BCUT2D eigenvalue weighted by Crippen LogP contribution is 2.28. The monoisotopic (exact) mass is 369 g/mol. The molecule has 1 N–H and O–H groups in total. The van der Waals surface area contributed by atoms with Crippen molar-refractivity contribution < 1.29 is 0 Å². The summed E-state index contributed by atoms with van der Waals surface area (Å²) in [5.74, 6) is 0. The normalized spacial score (nSPS) is 12.7. The quantitative estimate of drug-likeness (QED) is 0.848. The van der Waals surface area contributed by atoms with Gasteiger partial charge in [-0.15, -0.1) is 0 Å². The Morgan fingerprint density at radius 1 is 1.38 bits per heavy atom. The van der Waals surface area contributed by atoms with Crippen LogP contribution >= 0.6 is 27.5 Å². The highest BCUT2D eigenvalue weighted by molar-refractivity contribution is 9.10. The van der Waals surface area contributed by atoms with Crippen LogP contribution in [0.5, 0.6) is 0 Å². The van der Waals surface area contributed by atoms with Crippen LogP contribution in [0.2, 0.25) is 5.02 Å². The number of hydrogen-bond donors (Lipinski definition) is 1. The summed E-state index contributed by atoms with van der Waals surface area (Å²) in [6.45, 7) is 7.11. The molecule has 1 aromatic carbocycles. The van der Waals surface area contributed by atoms with Crippen molar-refractivity contribution in [3.05, 3.63) is 50.2 Å². The van der Waals surface area contributed by atoms with Gasteiger partial charge >= 0.3 is 0 Å². The van der Waals surface area contributed by atoms with Crippen molar-refractivity contribution >= 4 is 27.5 Å². The third kappa shape index (κ3) is 3.68. The van der Waals surface area contributed by atoms with E-state index in [1.54, 1.807) is 0 Å². The molecule has 0 aliphatic heterocycles. The van der Waals surface area contributed by atoms with E-state index in [4.69, 9.17) is 11.6 Å². The molecule has 0 bridgehead atoms. The Labute approximate surface area is 139 Å². The number of hydrogen-bond acceptors (Lipinski definition) is 2. The van der Waals surface area contributed by atoms with E-state index >= 15 is 0 Å². The number of aromatic nitrogens is 2. The first-order valence-electron chi connectivity index (χ1n) is 7.11.